The molecule has 15 heavy (non-hydrogen) atoms. The van der Waals surface area contributed by atoms with E-state index >= 15 is 0 Å². The molecule has 1 rings (SSSR count). The number of rotatable bonds is 3. The topological polar surface area (TPSA) is 114 Å². The lowest BCUT2D eigenvalue weighted by atomic mass is 10.1. The molecule has 0 spiro atoms. The van der Waals surface area contributed by atoms with Crippen molar-refractivity contribution < 1.29 is 0 Å². The fraction of sp³-hybridized carbons (Fsp3) is 1.00. The van der Waals surface area contributed by atoms with Crippen LogP contribution in [0.15, 0.2) is 0 Å². The van der Waals surface area contributed by atoms with E-state index in [2.05, 4.69) is 16.0 Å². The highest BCUT2D eigenvalue weighted by Crippen LogP contribution is 2.17. The molecule has 6 nitrogen and oxygen atoms in total. The number of hydrogen-bond donors (Lipinski definition) is 6. The summed E-state index contributed by atoms with van der Waals surface area (Å²) >= 11 is 0. The zero-order chi connectivity index (χ0) is 11.7. The van der Waals surface area contributed by atoms with E-state index in [0.717, 1.165) is 0 Å². The summed E-state index contributed by atoms with van der Waals surface area (Å²) in [6.07, 6.45) is 2.10. The summed E-state index contributed by atoms with van der Waals surface area (Å²) in [6.45, 7) is 5.95. The van der Waals surface area contributed by atoms with Crippen molar-refractivity contribution in [2.45, 2.75) is 57.4 Å². The first-order chi connectivity index (χ1) is 6.80. The molecule has 0 aliphatic carbocycles. The summed E-state index contributed by atoms with van der Waals surface area (Å²) in [7, 11) is 0. The van der Waals surface area contributed by atoms with Crippen LogP contribution in [0.2, 0.25) is 0 Å². The van der Waals surface area contributed by atoms with E-state index in [-0.39, 0.29) is 0 Å². The van der Waals surface area contributed by atoms with Gasteiger partial charge in [-0.25, -0.2) is 0 Å². The Kier molecular flexibility index (Phi) is 3.39. The van der Waals surface area contributed by atoms with Crippen molar-refractivity contribution in [2.24, 2.45) is 17.2 Å². The molecule has 1 fully saturated rings. The van der Waals surface area contributed by atoms with Crippen LogP contribution in [0.25, 0.3) is 0 Å². The van der Waals surface area contributed by atoms with Crippen molar-refractivity contribution in [2.75, 3.05) is 0 Å². The lowest BCUT2D eigenvalue weighted by Crippen LogP contribution is -2.91. The summed E-state index contributed by atoms with van der Waals surface area (Å²) in [5, 5.41) is 9.45. The van der Waals surface area contributed by atoms with Gasteiger partial charge in [0.15, 0.2) is 0 Å². The van der Waals surface area contributed by atoms with Crippen LogP contribution >= 0.6 is 0 Å². The molecule has 0 unspecified atom stereocenters. The largest absolute Gasteiger partial charge is 0.301 e. The van der Waals surface area contributed by atoms with Crippen molar-refractivity contribution in [3.05, 3.63) is 0 Å². The van der Waals surface area contributed by atoms with Gasteiger partial charge in [0.2, 0.25) is 0 Å². The van der Waals surface area contributed by atoms with Crippen LogP contribution in [0.5, 0.6) is 0 Å². The predicted octanol–water partition coefficient (Wildman–Crippen LogP) is -1.16. The van der Waals surface area contributed by atoms with Crippen molar-refractivity contribution in [3.63, 3.8) is 0 Å². The Bertz CT molecular complexity index is 185. The van der Waals surface area contributed by atoms with Crippen LogP contribution in [0, 0.1) is 0 Å². The Balaban J connectivity index is 2.92. The van der Waals surface area contributed by atoms with E-state index in [1.807, 2.05) is 20.8 Å². The van der Waals surface area contributed by atoms with Gasteiger partial charge in [0.25, 0.3) is 0 Å². The van der Waals surface area contributed by atoms with Crippen molar-refractivity contribution in [3.8, 4) is 0 Å². The zero-order valence-corrected chi connectivity index (χ0v) is 9.85. The van der Waals surface area contributed by atoms with Crippen molar-refractivity contribution >= 4 is 0 Å². The van der Waals surface area contributed by atoms with E-state index in [9.17, 15) is 0 Å². The first kappa shape index (κ1) is 12.8. The maximum absolute atomic E-state index is 6.14. The fourth-order valence-electron chi connectivity index (χ4n) is 1.82. The Hall–Kier alpha value is -0.240. The molecule has 1 heterocycles. The molecule has 1 aliphatic rings. The molecule has 0 radical (unpaired) electrons. The minimum absolute atomic E-state index is 0.701. The quantitative estimate of drug-likeness (QED) is 0.354. The maximum Gasteiger partial charge on any atom is 0.125 e. The molecular formula is C9H24N6. The second-order valence-corrected chi connectivity index (χ2v) is 4.35. The van der Waals surface area contributed by atoms with Gasteiger partial charge in [0.1, 0.15) is 17.4 Å². The molecule has 0 aromatic heterocycles. The van der Waals surface area contributed by atoms with Gasteiger partial charge in [0.05, 0.1) is 0 Å². The monoisotopic (exact) mass is 216 g/mol. The average Bonchev–Trinajstić information content (AvgIpc) is 2.16. The summed E-state index contributed by atoms with van der Waals surface area (Å²) in [4.78, 5) is 0. The minimum atomic E-state index is -0.721. The fourth-order valence-corrected chi connectivity index (χ4v) is 1.82. The molecule has 0 amide bonds. The summed E-state index contributed by atoms with van der Waals surface area (Å²) in [5.41, 5.74) is 18.4. The molecule has 0 bridgehead atoms. The highest BCUT2D eigenvalue weighted by molar-refractivity contribution is 5.00. The second-order valence-electron chi connectivity index (χ2n) is 4.35. The molecular weight excluding hydrogens is 192 g/mol. The lowest BCUT2D eigenvalue weighted by Gasteiger charge is -2.54. The summed E-state index contributed by atoms with van der Waals surface area (Å²) in [5.74, 6) is -2.16. The summed E-state index contributed by atoms with van der Waals surface area (Å²) in [6, 6.07) is 0. The summed E-state index contributed by atoms with van der Waals surface area (Å²) < 4.78 is 0. The number of nitrogens with two attached hydrogens (primary N) is 3. The Labute approximate surface area is 91.3 Å². The van der Waals surface area contributed by atoms with Crippen LogP contribution < -0.4 is 33.2 Å². The first-order valence-corrected chi connectivity index (χ1v) is 5.55. The van der Waals surface area contributed by atoms with Crippen molar-refractivity contribution in [1.82, 2.24) is 16.0 Å². The molecule has 6 heteroatoms. The van der Waals surface area contributed by atoms with Gasteiger partial charge < -0.3 is 17.2 Å². The van der Waals surface area contributed by atoms with E-state index in [1.54, 1.807) is 0 Å². The molecule has 0 atom stereocenters. The standard InChI is InChI=1S/C9H24N6/c1-4-7(10)13-8(11,5-2)15-9(12,6-3)14-7/h13-15H,4-6,10-12H2,1-3H3. The number of hydrogen-bond acceptors (Lipinski definition) is 6. The van der Waals surface area contributed by atoms with E-state index in [0.29, 0.717) is 19.3 Å². The van der Waals surface area contributed by atoms with Crippen LogP contribution in [-0.4, -0.2) is 17.4 Å². The van der Waals surface area contributed by atoms with Gasteiger partial charge in [-0.1, -0.05) is 20.8 Å². The molecule has 1 saturated heterocycles. The van der Waals surface area contributed by atoms with E-state index in [1.165, 1.54) is 0 Å². The van der Waals surface area contributed by atoms with Crippen molar-refractivity contribution in [1.29, 1.82) is 0 Å². The number of nitrogens with one attached hydrogen (secondary N) is 3. The van der Waals surface area contributed by atoms with Crippen LogP contribution in [-0.2, 0) is 0 Å². The predicted molar refractivity (Wildman–Crippen MR) is 61.0 cm³/mol. The molecule has 9 N–H and O–H groups in total. The first-order valence-electron chi connectivity index (χ1n) is 5.55. The Morgan fingerprint density at radius 2 is 0.867 bits per heavy atom. The van der Waals surface area contributed by atoms with Gasteiger partial charge >= 0.3 is 0 Å². The highest BCUT2D eigenvalue weighted by atomic mass is 15.6. The Morgan fingerprint density at radius 3 is 1.00 bits per heavy atom. The molecule has 90 valence electrons. The SMILES string of the molecule is CCC1(N)NC(N)(CC)NC(N)(CC)N1. The third-order valence-electron chi connectivity index (χ3n) is 3.01. The minimum Gasteiger partial charge on any atom is -0.301 e. The van der Waals surface area contributed by atoms with Gasteiger partial charge in [0, 0.05) is 0 Å². The lowest BCUT2D eigenvalue weighted by molar-refractivity contribution is -0.00986. The average molecular weight is 216 g/mol. The third-order valence-corrected chi connectivity index (χ3v) is 3.01. The van der Waals surface area contributed by atoms with E-state index < -0.39 is 17.4 Å². The van der Waals surface area contributed by atoms with Gasteiger partial charge in [-0.2, -0.15) is 0 Å². The van der Waals surface area contributed by atoms with Gasteiger partial charge in [-0.15, -0.1) is 0 Å². The van der Waals surface area contributed by atoms with Gasteiger partial charge in [-0.3, -0.25) is 16.0 Å². The molecule has 0 aromatic rings. The highest BCUT2D eigenvalue weighted by Gasteiger charge is 2.46. The molecule has 1 aliphatic heterocycles. The van der Waals surface area contributed by atoms with Gasteiger partial charge in [-0.05, 0) is 19.3 Å². The van der Waals surface area contributed by atoms with Crippen LogP contribution in [0.1, 0.15) is 40.0 Å². The second kappa shape index (κ2) is 3.97. The Morgan fingerprint density at radius 1 is 0.667 bits per heavy atom. The van der Waals surface area contributed by atoms with E-state index in [4.69, 9.17) is 17.2 Å². The smallest absolute Gasteiger partial charge is 0.125 e. The third kappa shape index (κ3) is 2.66. The normalized spacial score (nSPS) is 46.8. The zero-order valence-electron chi connectivity index (χ0n) is 9.85. The van der Waals surface area contributed by atoms with Crippen LogP contribution in [0.4, 0.5) is 0 Å². The van der Waals surface area contributed by atoms with Crippen LogP contribution in [0.3, 0.4) is 0 Å². The maximum atomic E-state index is 6.14. The molecule has 0 saturated carbocycles. The molecule has 0 aromatic carbocycles.